The Hall–Kier alpha value is -2.50. The fourth-order valence-corrected chi connectivity index (χ4v) is 5.33. The minimum atomic E-state index is -5.84. The number of ether oxygens (including phenoxy) is 3. The van der Waals surface area contributed by atoms with Gasteiger partial charge in [0.2, 0.25) is 0 Å². The van der Waals surface area contributed by atoms with Gasteiger partial charge in [0, 0.05) is 17.4 Å². The van der Waals surface area contributed by atoms with Crippen molar-refractivity contribution in [2.75, 3.05) is 13.2 Å². The van der Waals surface area contributed by atoms with Crippen LogP contribution in [0.25, 0.3) is 17.2 Å². The summed E-state index contributed by atoms with van der Waals surface area (Å²) in [4.78, 5) is 0. The van der Waals surface area contributed by atoms with Gasteiger partial charge in [-0.1, -0.05) is 37.6 Å². The molecule has 2 aromatic carbocycles. The van der Waals surface area contributed by atoms with Crippen LogP contribution in [0.2, 0.25) is 0 Å². The Morgan fingerprint density at radius 2 is 1.50 bits per heavy atom. The first-order chi connectivity index (χ1) is 18.9. The van der Waals surface area contributed by atoms with Crippen LogP contribution in [-0.2, 0) is 20.3 Å². The molecule has 1 saturated heterocycles. The van der Waals surface area contributed by atoms with Gasteiger partial charge in [-0.2, -0.15) is 8.78 Å². The van der Waals surface area contributed by atoms with Gasteiger partial charge in [-0.05, 0) is 67.3 Å². The first kappa shape index (κ1) is 30.5. The summed E-state index contributed by atoms with van der Waals surface area (Å²) in [6, 6.07) is 4.50. The van der Waals surface area contributed by atoms with Crippen LogP contribution in [0.3, 0.4) is 0 Å². The van der Waals surface area contributed by atoms with Crippen LogP contribution in [0.15, 0.2) is 36.4 Å². The van der Waals surface area contributed by atoms with Gasteiger partial charge in [-0.25, -0.2) is 17.9 Å². The summed E-state index contributed by atoms with van der Waals surface area (Å²) in [5.41, 5.74) is -2.51. The van der Waals surface area contributed by atoms with E-state index in [0.717, 1.165) is 57.8 Å². The van der Waals surface area contributed by atoms with Crippen molar-refractivity contribution in [3.63, 3.8) is 0 Å². The third-order valence-electron chi connectivity index (χ3n) is 7.33. The molecular weight excluding hydrogens is 548 g/mol. The van der Waals surface area contributed by atoms with E-state index in [0.29, 0.717) is 29.5 Å². The Bertz CT molecular complexity index is 1160. The van der Waals surface area contributed by atoms with Crippen molar-refractivity contribution >= 4 is 6.08 Å². The molecule has 1 saturated carbocycles. The Morgan fingerprint density at radius 3 is 2.05 bits per heavy atom. The van der Waals surface area contributed by atoms with Crippen LogP contribution in [0.4, 0.5) is 35.1 Å². The topological polar surface area (TPSA) is 27.7 Å². The molecule has 2 fully saturated rings. The summed E-state index contributed by atoms with van der Waals surface area (Å²) in [5.74, 6) is -3.85. The zero-order chi connectivity index (χ0) is 29.1. The molecule has 3 nitrogen and oxygen atoms in total. The summed E-state index contributed by atoms with van der Waals surface area (Å²) >= 11 is 0. The van der Waals surface area contributed by atoms with Gasteiger partial charge < -0.3 is 9.47 Å². The van der Waals surface area contributed by atoms with Crippen molar-refractivity contribution < 1.29 is 49.3 Å². The highest BCUT2D eigenvalue weighted by Gasteiger charge is 2.49. The lowest BCUT2D eigenvalue weighted by molar-refractivity contribution is -0.432. The molecule has 1 aliphatic heterocycles. The lowest BCUT2D eigenvalue weighted by Crippen LogP contribution is -2.38. The summed E-state index contributed by atoms with van der Waals surface area (Å²) in [7, 11) is 0. The second-order valence-electron chi connectivity index (χ2n) is 10.3. The van der Waals surface area contributed by atoms with Gasteiger partial charge in [0.05, 0.1) is 13.2 Å². The normalized spacial score (nSPS) is 24.5. The molecule has 0 N–H and O–H groups in total. The predicted octanol–water partition coefficient (Wildman–Crippen LogP) is 8.97. The number of halogens is 8. The highest BCUT2D eigenvalue weighted by molar-refractivity contribution is 5.67. The minimum Gasteiger partial charge on any atom is -0.352 e. The molecule has 4 rings (SSSR count). The van der Waals surface area contributed by atoms with Gasteiger partial charge in [-0.15, -0.1) is 13.2 Å². The Labute approximate surface area is 227 Å². The Kier molecular flexibility index (Phi) is 9.57. The van der Waals surface area contributed by atoms with E-state index in [4.69, 9.17) is 9.47 Å². The average molecular weight is 579 g/mol. The van der Waals surface area contributed by atoms with E-state index < -0.39 is 41.0 Å². The van der Waals surface area contributed by atoms with E-state index in [9.17, 15) is 35.1 Å². The number of hydrogen-bond donors (Lipinski definition) is 0. The molecule has 0 spiro atoms. The van der Waals surface area contributed by atoms with E-state index in [1.165, 1.54) is 12.1 Å². The second kappa shape index (κ2) is 12.6. The maximum absolute atomic E-state index is 14.8. The Morgan fingerprint density at radius 1 is 0.875 bits per heavy atom. The molecule has 1 aliphatic carbocycles. The van der Waals surface area contributed by atoms with Crippen molar-refractivity contribution in [3.8, 4) is 11.1 Å². The smallest absolute Gasteiger partial charge is 0.352 e. The van der Waals surface area contributed by atoms with E-state index in [1.807, 2.05) is 6.08 Å². The monoisotopic (exact) mass is 578 g/mol. The molecule has 220 valence electrons. The molecule has 40 heavy (non-hydrogen) atoms. The van der Waals surface area contributed by atoms with Crippen molar-refractivity contribution in [3.05, 3.63) is 65.0 Å². The molecule has 1 heterocycles. The van der Waals surface area contributed by atoms with Crippen molar-refractivity contribution in [2.24, 2.45) is 17.8 Å². The summed E-state index contributed by atoms with van der Waals surface area (Å²) in [6.45, 7) is 3.59. The lowest BCUT2D eigenvalue weighted by Gasteiger charge is -2.37. The molecule has 2 aromatic rings. The summed E-state index contributed by atoms with van der Waals surface area (Å²) in [5, 5.41) is 0. The number of rotatable bonds is 8. The van der Waals surface area contributed by atoms with Crippen LogP contribution < -0.4 is 0 Å². The van der Waals surface area contributed by atoms with Crippen LogP contribution >= 0.6 is 0 Å². The molecule has 0 unspecified atom stereocenters. The maximum Gasteiger partial charge on any atom is 0.527 e. The fraction of sp³-hybridized carbons (Fsp3) is 0.517. The zero-order valence-corrected chi connectivity index (χ0v) is 21.8. The number of alkyl halides is 5. The van der Waals surface area contributed by atoms with Crippen LogP contribution in [0, 0.1) is 35.2 Å². The van der Waals surface area contributed by atoms with Crippen LogP contribution in [0.5, 0.6) is 0 Å². The third kappa shape index (κ3) is 7.61. The van der Waals surface area contributed by atoms with Crippen molar-refractivity contribution in [1.82, 2.24) is 0 Å². The van der Waals surface area contributed by atoms with E-state index in [1.54, 1.807) is 6.08 Å². The molecule has 0 atom stereocenters. The second-order valence-corrected chi connectivity index (χ2v) is 10.3. The van der Waals surface area contributed by atoms with Crippen molar-refractivity contribution in [2.45, 2.75) is 64.2 Å². The van der Waals surface area contributed by atoms with Gasteiger partial charge in [0.25, 0.3) is 0 Å². The predicted molar refractivity (Wildman–Crippen MR) is 131 cm³/mol. The zero-order valence-electron chi connectivity index (χ0n) is 21.8. The highest BCUT2D eigenvalue weighted by Crippen LogP contribution is 2.40. The third-order valence-corrected chi connectivity index (χ3v) is 7.33. The molecular formula is C29H30F8O3. The Balaban J connectivity index is 1.37. The minimum absolute atomic E-state index is 0.174. The van der Waals surface area contributed by atoms with Crippen LogP contribution in [-0.4, -0.2) is 25.9 Å². The molecule has 0 aromatic heterocycles. The van der Waals surface area contributed by atoms with Gasteiger partial charge in [0.1, 0.15) is 23.0 Å². The molecule has 0 amide bonds. The summed E-state index contributed by atoms with van der Waals surface area (Å²) in [6.07, 6.45) is -1.73. The van der Waals surface area contributed by atoms with E-state index in [-0.39, 0.29) is 17.8 Å². The van der Waals surface area contributed by atoms with E-state index in [2.05, 4.69) is 11.7 Å². The average Bonchev–Trinajstić information content (AvgIpc) is 2.86. The fourth-order valence-electron chi connectivity index (χ4n) is 5.33. The number of benzene rings is 2. The molecule has 0 bridgehead atoms. The van der Waals surface area contributed by atoms with Gasteiger partial charge in [-0.3, -0.25) is 0 Å². The number of hydrogen-bond acceptors (Lipinski definition) is 3. The molecule has 2 aliphatic rings. The highest BCUT2D eigenvalue weighted by atomic mass is 19.4. The maximum atomic E-state index is 14.8. The van der Waals surface area contributed by atoms with Gasteiger partial charge >= 0.3 is 12.5 Å². The van der Waals surface area contributed by atoms with Gasteiger partial charge in [0.15, 0.2) is 6.29 Å². The summed E-state index contributed by atoms with van der Waals surface area (Å²) < 4.78 is 122. The first-order valence-corrected chi connectivity index (χ1v) is 13.2. The lowest BCUT2D eigenvalue weighted by atomic mass is 9.81. The van der Waals surface area contributed by atoms with E-state index >= 15 is 0 Å². The molecule has 11 heteroatoms. The number of allylic oxidation sites excluding steroid dienone is 1. The van der Waals surface area contributed by atoms with Crippen LogP contribution in [0.1, 0.15) is 56.6 Å². The standard InChI is InChI=1S/C29H30F8O3/c1-2-3-19-15-38-27(39-16-19)20-9-6-17(7-10-20)4-5-18-8-11-22(23(30)12-18)21-13-24(31)26(25(32)14-21)28(33,34)40-29(35,36)37/h4-5,8,11-14,17,19-20,27H,2-3,6-7,9-10,15-16H2,1H3. The quantitative estimate of drug-likeness (QED) is 0.293. The van der Waals surface area contributed by atoms with Crippen molar-refractivity contribution in [1.29, 1.82) is 0 Å². The SMILES string of the molecule is CCCC1COC(C2CCC(C=Cc3ccc(-c4cc(F)c(C(F)(F)OC(F)(F)F)c(F)c4)c(F)c3)CC2)OC1. The molecule has 0 radical (unpaired) electrons. The largest absolute Gasteiger partial charge is 0.527 e. The first-order valence-electron chi connectivity index (χ1n) is 13.2.